The van der Waals surface area contributed by atoms with Crippen LogP contribution in [-0.4, -0.2) is 30.1 Å². The number of hydrogen-bond donors (Lipinski definition) is 1. The lowest BCUT2D eigenvalue weighted by atomic mass is 9.93. The molecule has 1 aliphatic rings. The third-order valence-electron chi connectivity index (χ3n) is 2.87. The summed E-state index contributed by atoms with van der Waals surface area (Å²) in [4.78, 5) is 2.00. The highest BCUT2D eigenvalue weighted by Crippen LogP contribution is 2.35. The van der Waals surface area contributed by atoms with E-state index in [-0.39, 0.29) is 5.82 Å². The lowest BCUT2D eigenvalue weighted by Gasteiger charge is -2.24. The smallest absolute Gasteiger partial charge is 0.123 e. The average Bonchev–Trinajstić information content (AvgIpc) is 2.52. The number of likely N-dealkylation sites (N-methyl/N-ethyl adjacent to an activating group) is 1. The van der Waals surface area contributed by atoms with Crippen LogP contribution in [0.4, 0.5) is 4.39 Å². The molecule has 1 aliphatic heterocycles. The lowest BCUT2D eigenvalue weighted by molar-refractivity contribution is 0.0487. The maximum absolute atomic E-state index is 13.1. The van der Waals surface area contributed by atoms with E-state index in [4.69, 9.17) is 11.6 Å². The predicted molar refractivity (Wildman–Crippen MR) is 57.4 cm³/mol. The number of nitrogens with zero attached hydrogens (tertiary/aromatic N) is 1. The minimum absolute atomic E-state index is 0.364. The summed E-state index contributed by atoms with van der Waals surface area (Å²) in [5, 5.41) is 10.8. The molecule has 1 fully saturated rings. The van der Waals surface area contributed by atoms with Crippen molar-refractivity contribution >= 4 is 11.6 Å². The zero-order chi connectivity index (χ0) is 11.1. The average molecular weight is 230 g/mol. The van der Waals surface area contributed by atoms with Gasteiger partial charge in [0.2, 0.25) is 0 Å². The van der Waals surface area contributed by atoms with Crippen LogP contribution >= 0.6 is 11.6 Å². The molecule has 15 heavy (non-hydrogen) atoms. The number of likely N-dealkylation sites (tertiary alicyclic amines) is 1. The van der Waals surface area contributed by atoms with Crippen molar-refractivity contribution in [1.82, 2.24) is 4.90 Å². The van der Waals surface area contributed by atoms with Crippen molar-refractivity contribution in [3.8, 4) is 0 Å². The third-order valence-corrected chi connectivity index (χ3v) is 3.20. The number of halogens is 2. The van der Waals surface area contributed by atoms with Gasteiger partial charge in [-0.05, 0) is 31.7 Å². The number of aliphatic hydroxyl groups is 1. The molecule has 0 aliphatic carbocycles. The highest BCUT2D eigenvalue weighted by Gasteiger charge is 2.37. The molecule has 1 unspecified atom stereocenters. The Labute approximate surface area is 93.3 Å². The van der Waals surface area contributed by atoms with Crippen LogP contribution in [0.15, 0.2) is 18.2 Å². The first-order chi connectivity index (χ1) is 7.01. The predicted octanol–water partition coefficient (Wildman–Crippen LogP) is 2.00. The van der Waals surface area contributed by atoms with Crippen LogP contribution in [0.5, 0.6) is 0 Å². The maximum atomic E-state index is 13.1. The SMILES string of the molecule is CN1CCC(O)(c2cc(F)ccc2Cl)C1. The van der Waals surface area contributed by atoms with Crippen LogP contribution in [0.25, 0.3) is 0 Å². The van der Waals surface area contributed by atoms with Crippen molar-refractivity contribution in [1.29, 1.82) is 0 Å². The van der Waals surface area contributed by atoms with E-state index in [2.05, 4.69) is 0 Å². The molecule has 1 N–H and O–H groups in total. The standard InChI is InChI=1S/C11H13ClFNO/c1-14-5-4-11(15,7-14)9-6-8(13)2-3-10(9)12/h2-3,6,15H,4-5,7H2,1H3. The summed E-state index contributed by atoms with van der Waals surface area (Å²) < 4.78 is 13.1. The molecule has 1 heterocycles. The fourth-order valence-electron chi connectivity index (χ4n) is 2.05. The number of benzene rings is 1. The lowest BCUT2D eigenvalue weighted by Crippen LogP contribution is -2.29. The van der Waals surface area contributed by atoms with Crippen LogP contribution in [0.2, 0.25) is 5.02 Å². The molecule has 1 saturated heterocycles. The molecule has 0 aromatic heterocycles. The molecule has 1 atom stereocenters. The van der Waals surface area contributed by atoms with Crippen LogP contribution in [0, 0.1) is 5.82 Å². The molecule has 0 amide bonds. The van der Waals surface area contributed by atoms with E-state index in [0.29, 0.717) is 23.6 Å². The molecular formula is C11H13ClFNO. The van der Waals surface area contributed by atoms with E-state index in [1.54, 1.807) is 0 Å². The van der Waals surface area contributed by atoms with Gasteiger partial charge in [0.25, 0.3) is 0 Å². The fraction of sp³-hybridized carbons (Fsp3) is 0.455. The molecule has 1 aromatic rings. The molecule has 0 bridgehead atoms. The van der Waals surface area contributed by atoms with E-state index in [1.807, 2.05) is 11.9 Å². The Kier molecular flexibility index (Phi) is 2.71. The Bertz CT molecular complexity index is 385. The Morgan fingerprint density at radius 2 is 2.27 bits per heavy atom. The second kappa shape index (κ2) is 3.74. The van der Waals surface area contributed by atoms with Gasteiger partial charge in [-0.15, -0.1) is 0 Å². The zero-order valence-corrected chi connectivity index (χ0v) is 9.26. The van der Waals surface area contributed by atoms with Crippen molar-refractivity contribution in [3.05, 3.63) is 34.6 Å². The molecule has 0 radical (unpaired) electrons. The molecule has 4 heteroatoms. The van der Waals surface area contributed by atoms with Gasteiger partial charge in [-0.25, -0.2) is 4.39 Å². The van der Waals surface area contributed by atoms with E-state index in [1.165, 1.54) is 18.2 Å². The summed E-state index contributed by atoms with van der Waals surface area (Å²) >= 11 is 5.97. The molecular weight excluding hydrogens is 217 g/mol. The second-order valence-electron chi connectivity index (χ2n) is 4.14. The largest absolute Gasteiger partial charge is 0.384 e. The highest BCUT2D eigenvalue weighted by atomic mass is 35.5. The van der Waals surface area contributed by atoms with E-state index >= 15 is 0 Å². The van der Waals surface area contributed by atoms with E-state index in [9.17, 15) is 9.50 Å². The van der Waals surface area contributed by atoms with Gasteiger partial charge in [-0.1, -0.05) is 11.6 Å². The van der Waals surface area contributed by atoms with Gasteiger partial charge in [0.15, 0.2) is 0 Å². The Morgan fingerprint density at radius 3 is 2.87 bits per heavy atom. The van der Waals surface area contributed by atoms with Crippen LogP contribution in [0.3, 0.4) is 0 Å². The summed E-state index contributed by atoms with van der Waals surface area (Å²) in [6.07, 6.45) is 0.590. The first-order valence-electron chi connectivity index (χ1n) is 4.88. The first kappa shape index (κ1) is 10.9. The van der Waals surface area contributed by atoms with Crippen LogP contribution < -0.4 is 0 Å². The van der Waals surface area contributed by atoms with Gasteiger partial charge in [0, 0.05) is 23.7 Å². The molecule has 82 valence electrons. The first-order valence-corrected chi connectivity index (χ1v) is 5.25. The van der Waals surface area contributed by atoms with Gasteiger partial charge in [0.05, 0.1) is 0 Å². The summed E-state index contributed by atoms with van der Waals surface area (Å²) in [6.45, 7) is 1.29. The molecule has 2 rings (SSSR count). The summed E-state index contributed by atoms with van der Waals surface area (Å²) in [7, 11) is 1.92. The van der Waals surface area contributed by atoms with Crippen molar-refractivity contribution < 1.29 is 9.50 Å². The van der Waals surface area contributed by atoms with Crippen molar-refractivity contribution in [2.24, 2.45) is 0 Å². The quantitative estimate of drug-likeness (QED) is 0.796. The number of hydrogen-bond acceptors (Lipinski definition) is 2. The second-order valence-corrected chi connectivity index (χ2v) is 4.55. The highest BCUT2D eigenvalue weighted by molar-refractivity contribution is 6.31. The minimum Gasteiger partial charge on any atom is -0.384 e. The maximum Gasteiger partial charge on any atom is 0.123 e. The van der Waals surface area contributed by atoms with Gasteiger partial charge in [-0.2, -0.15) is 0 Å². The Balaban J connectivity index is 2.40. The Hall–Kier alpha value is -0.640. The monoisotopic (exact) mass is 229 g/mol. The molecule has 0 saturated carbocycles. The van der Waals surface area contributed by atoms with Crippen molar-refractivity contribution in [2.45, 2.75) is 12.0 Å². The van der Waals surface area contributed by atoms with Crippen molar-refractivity contribution in [2.75, 3.05) is 20.1 Å². The topological polar surface area (TPSA) is 23.5 Å². The Morgan fingerprint density at radius 1 is 1.53 bits per heavy atom. The normalized spacial score (nSPS) is 27.2. The molecule has 0 spiro atoms. The van der Waals surface area contributed by atoms with Crippen LogP contribution in [-0.2, 0) is 5.60 Å². The summed E-state index contributed by atoms with van der Waals surface area (Å²) in [5.74, 6) is -0.364. The molecule has 1 aromatic carbocycles. The zero-order valence-electron chi connectivity index (χ0n) is 8.50. The number of β-amino-alcohol motifs (C(OH)–C–C–N with tert-alkyl or cyclic N) is 1. The van der Waals surface area contributed by atoms with Gasteiger partial charge in [-0.3, -0.25) is 0 Å². The van der Waals surface area contributed by atoms with Gasteiger partial charge < -0.3 is 10.0 Å². The molecule has 2 nitrogen and oxygen atoms in total. The third kappa shape index (κ3) is 2.00. The summed E-state index contributed by atoms with van der Waals surface area (Å²) in [5.41, 5.74) is -0.512. The van der Waals surface area contributed by atoms with E-state index in [0.717, 1.165) is 6.54 Å². The number of rotatable bonds is 1. The van der Waals surface area contributed by atoms with Crippen LogP contribution in [0.1, 0.15) is 12.0 Å². The van der Waals surface area contributed by atoms with Crippen molar-refractivity contribution in [3.63, 3.8) is 0 Å². The summed E-state index contributed by atoms with van der Waals surface area (Å²) in [6, 6.07) is 4.11. The van der Waals surface area contributed by atoms with Gasteiger partial charge >= 0.3 is 0 Å². The van der Waals surface area contributed by atoms with Gasteiger partial charge in [0.1, 0.15) is 11.4 Å². The fourth-order valence-corrected chi connectivity index (χ4v) is 2.35. The van der Waals surface area contributed by atoms with E-state index < -0.39 is 5.60 Å². The minimum atomic E-state index is -1.01.